The molecule has 1 N–H and O–H groups in total. The van der Waals surface area contributed by atoms with Crippen molar-refractivity contribution in [1.82, 2.24) is 9.97 Å². The predicted octanol–water partition coefficient (Wildman–Crippen LogP) is 3.82. The molecule has 0 bridgehead atoms. The Hall–Kier alpha value is -0.640. The highest BCUT2D eigenvalue weighted by molar-refractivity contribution is 9.10. The molecular weight excluding hydrogens is 266 g/mol. The normalized spacial score (nSPS) is 12.9. The molecule has 3 nitrogen and oxygen atoms in total. The number of nitrogens with one attached hydrogen (secondary N) is 1. The van der Waals surface area contributed by atoms with Crippen molar-refractivity contribution in [2.24, 2.45) is 5.92 Å². The molecule has 0 fully saturated rings. The van der Waals surface area contributed by atoms with Crippen molar-refractivity contribution < 1.29 is 0 Å². The molecule has 0 aliphatic carbocycles. The molecule has 1 aromatic rings. The quantitative estimate of drug-likeness (QED) is 0.836. The molecule has 16 heavy (non-hydrogen) atoms. The number of halogens is 1. The minimum atomic E-state index is 0.349. The molecule has 1 atom stereocenters. The van der Waals surface area contributed by atoms with Gasteiger partial charge in [0.2, 0.25) is 0 Å². The predicted molar refractivity (Wildman–Crippen MR) is 71.8 cm³/mol. The third-order valence-corrected chi connectivity index (χ3v) is 2.96. The van der Waals surface area contributed by atoms with Crippen molar-refractivity contribution in [3.8, 4) is 0 Å². The monoisotopic (exact) mass is 285 g/mol. The minimum absolute atomic E-state index is 0.349. The molecule has 1 aromatic heterocycles. The molecule has 0 aliphatic heterocycles. The van der Waals surface area contributed by atoms with E-state index < -0.39 is 0 Å². The number of hydrogen-bond donors (Lipinski definition) is 1. The molecule has 0 aliphatic rings. The maximum atomic E-state index is 4.49. The molecular formula is C12H20BrN3. The van der Waals surface area contributed by atoms with E-state index in [4.69, 9.17) is 0 Å². The minimum Gasteiger partial charge on any atom is -0.370 e. The fourth-order valence-electron chi connectivity index (χ4n) is 1.21. The number of nitrogens with zero attached hydrogens (tertiary/aromatic N) is 2. The third-order valence-electron chi connectivity index (χ3n) is 2.56. The van der Waals surface area contributed by atoms with Gasteiger partial charge in [-0.2, -0.15) is 0 Å². The van der Waals surface area contributed by atoms with Crippen LogP contribution in [0.1, 0.15) is 45.9 Å². The Morgan fingerprint density at radius 2 is 2.00 bits per heavy atom. The van der Waals surface area contributed by atoms with Gasteiger partial charge in [0, 0.05) is 18.5 Å². The lowest BCUT2D eigenvalue weighted by Crippen LogP contribution is -2.12. The molecule has 1 rings (SSSR count). The fourth-order valence-corrected chi connectivity index (χ4v) is 1.61. The second kappa shape index (κ2) is 6.18. The number of hydrogen-bond acceptors (Lipinski definition) is 3. The van der Waals surface area contributed by atoms with Crippen LogP contribution in [-0.4, -0.2) is 16.5 Å². The van der Waals surface area contributed by atoms with Gasteiger partial charge in [-0.05, 0) is 21.8 Å². The summed E-state index contributed by atoms with van der Waals surface area (Å²) in [6.07, 6.45) is 1.18. The molecule has 0 spiro atoms. The maximum absolute atomic E-state index is 4.49. The van der Waals surface area contributed by atoms with Crippen LogP contribution in [0.15, 0.2) is 10.7 Å². The van der Waals surface area contributed by atoms with E-state index in [0.717, 1.165) is 22.8 Å². The average Bonchev–Trinajstić information content (AvgIpc) is 2.25. The van der Waals surface area contributed by atoms with E-state index in [9.17, 15) is 0 Å². The van der Waals surface area contributed by atoms with Gasteiger partial charge in [-0.15, -0.1) is 0 Å². The molecule has 0 aromatic carbocycles. The molecule has 0 saturated carbocycles. The van der Waals surface area contributed by atoms with E-state index in [1.807, 2.05) is 6.07 Å². The van der Waals surface area contributed by atoms with Gasteiger partial charge in [0.05, 0.1) is 0 Å². The molecule has 1 unspecified atom stereocenters. The summed E-state index contributed by atoms with van der Waals surface area (Å²) in [6, 6.07) is 1.92. The van der Waals surface area contributed by atoms with E-state index in [1.165, 1.54) is 6.42 Å². The van der Waals surface area contributed by atoms with E-state index >= 15 is 0 Å². The van der Waals surface area contributed by atoms with Gasteiger partial charge in [0.25, 0.3) is 0 Å². The molecule has 0 saturated heterocycles. The van der Waals surface area contributed by atoms with Crippen LogP contribution in [0.5, 0.6) is 0 Å². The summed E-state index contributed by atoms with van der Waals surface area (Å²) < 4.78 is 0.845. The summed E-state index contributed by atoms with van der Waals surface area (Å²) in [5, 5.41) is 3.35. The zero-order chi connectivity index (χ0) is 12.1. The maximum Gasteiger partial charge on any atom is 0.134 e. The smallest absolute Gasteiger partial charge is 0.134 e. The third kappa shape index (κ3) is 4.08. The summed E-state index contributed by atoms with van der Waals surface area (Å²) in [4.78, 5) is 8.83. The zero-order valence-electron chi connectivity index (χ0n) is 10.4. The highest BCUT2D eigenvalue weighted by atomic mass is 79.9. The number of aromatic nitrogens is 2. The molecule has 0 radical (unpaired) electrons. The molecule has 1 heterocycles. The molecule has 0 amide bonds. The van der Waals surface area contributed by atoms with Crippen LogP contribution in [0.2, 0.25) is 0 Å². The SMILES string of the molecule is CCC(C)CNc1cc(Br)nc(C(C)C)n1. The Labute approximate surface area is 106 Å². The lowest BCUT2D eigenvalue weighted by molar-refractivity contribution is 0.592. The van der Waals surface area contributed by atoms with Crippen LogP contribution in [0.25, 0.3) is 0 Å². The van der Waals surface area contributed by atoms with E-state index in [-0.39, 0.29) is 0 Å². The second-order valence-corrected chi connectivity index (χ2v) is 5.30. The Bertz CT molecular complexity index is 339. The van der Waals surface area contributed by atoms with Gasteiger partial charge in [0.15, 0.2) is 0 Å². The van der Waals surface area contributed by atoms with E-state index in [2.05, 4.69) is 58.9 Å². The van der Waals surface area contributed by atoms with Crippen LogP contribution < -0.4 is 5.32 Å². The largest absolute Gasteiger partial charge is 0.370 e. The number of rotatable bonds is 5. The average molecular weight is 286 g/mol. The van der Waals surface area contributed by atoms with Crippen LogP contribution in [0.3, 0.4) is 0 Å². The molecule has 4 heteroatoms. The summed E-state index contributed by atoms with van der Waals surface area (Å²) in [5.74, 6) is 2.80. The van der Waals surface area contributed by atoms with Crippen LogP contribution in [0, 0.1) is 5.92 Å². The van der Waals surface area contributed by atoms with Crippen molar-refractivity contribution in [1.29, 1.82) is 0 Å². The topological polar surface area (TPSA) is 37.8 Å². The number of anilines is 1. The highest BCUT2D eigenvalue weighted by Crippen LogP contribution is 2.17. The zero-order valence-corrected chi connectivity index (χ0v) is 12.0. The second-order valence-electron chi connectivity index (χ2n) is 4.48. The van der Waals surface area contributed by atoms with Crippen LogP contribution in [-0.2, 0) is 0 Å². The molecule has 90 valence electrons. The van der Waals surface area contributed by atoms with Gasteiger partial charge in [-0.3, -0.25) is 0 Å². The van der Waals surface area contributed by atoms with Crippen LogP contribution >= 0.6 is 15.9 Å². The first-order valence-electron chi connectivity index (χ1n) is 5.81. The fraction of sp³-hybridized carbons (Fsp3) is 0.667. The van der Waals surface area contributed by atoms with E-state index in [1.54, 1.807) is 0 Å². The Kier molecular flexibility index (Phi) is 5.19. The van der Waals surface area contributed by atoms with Crippen molar-refractivity contribution >= 4 is 21.7 Å². The van der Waals surface area contributed by atoms with Gasteiger partial charge < -0.3 is 5.32 Å². The summed E-state index contributed by atoms with van der Waals surface area (Å²) in [5.41, 5.74) is 0. The Morgan fingerprint density at radius 1 is 1.31 bits per heavy atom. The Balaban J connectivity index is 2.72. The van der Waals surface area contributed by atoms with Crippen molar-refractivity contribution in [3.63, 3.8) is 0 Å². The first-order valence-corrected chi connectivity index (χ1v) is 6.60. The van der Waals surface area contributed by atoms with Gasteiger partial charge in [-0.25, -0.2) is 9.97 Å². The van der Waals surface area contributed by atoms with E-state index in [0.29, 0.717) is 11.8 Å². The van der Waals surface area contributed by atoms with Gasteiger partial charge in [-0.1, -0.05) is 34.1 Å². The summed E-state index contributed by atoms with van der Waals surface area (Å²) >= 11 is 3.41. The lowest BCUT2D eigenvalue weighted by atomic mass is 10.1. The summed E-state index contributed by atoms with van der Waals surface area (Å²) in [7, 11) is 0. The van der Waals surface area contributed by atoms with Gasteiger partial charge in [0.1, 0.15) is 16.2 Å². The summed E-state index contributed by atoms with van der Waals surface area (Å²) in [6.45, 7) is 9.58. The van der Waals surface area contributed by atoms with Crippen LogP contribution in [0.4, 0.5) is 5.82 Å². The first-order chi connectivity index (χ1) is 7.52. The Morgan fingerprint density at radius 3 is 2.56 bits per heavy atom. The van der Waals surface area contributed by atoms with Crippen molar-refractivity contribution in [2.75, 3.05) is 11.9 Å². The van der Waals surface area contributed by atoms with Crippen molar-refractivity contribution in [3.05, 3.63) is 16.5 Å². The van der Waals surface area contributed by atoms with Gasteiger partial charge >= 0.3 is 0 Å². The standard InChI is InChI=1S/C12H20BrN3/c1-5-9(4)7-14-11-6-10(13)15-12(16-11)8(2)3/h6,8-9H,5,7H2,1-4H3,(H,14,15,16). The van der Waals surface area contributed by atoms with Crippen molar-refractivity contribution in [2.45, 2.75) is 40.0 Å². The first kappa shape index (κ1) is 13.4. The lowest BCUT2D eigenvalue weighted by Gasteiger charge is -2.12. The highest BCUT2D eigenvalue weighted by Gasteiger charge is 2.07.